The topological polar surface area (TPSA) is 76.1 Å². The van der Waals surface area contributed by atoms with Crippen molar-refractivity contribution < 1.29 is 17.6 Å². The highest BCUT2D eigenvalue weighted by molar-refractivity contribution is 7.91. The molecule has 5 nitrogen and oxygen atoms in total. The number of amides is 1. The normalized spacial score (nSPS) is 12.3. The van der Waals surface area contributed by atoms with Gasteiger partial charge in [0.2, 0.25) is 0 Å². The van der Waals surface area contributed by atoms with Gasteiger partial charge in [0.15, 0.2) is 9.84 Å². The van der Waals surface area contributed by atoms with Gasteiger partial charge in [-0.25, -0.2) is 12.8 Å². The summed E-state index contributed by atoms with van der Waals surface area (Å²) in [5, 5.41) is 1.48. The van der Waals surface area contributed by atoms with Gasteiger partial charge in [0.05, 0.1) is 10.5 Å². The number of carbonyl (C=O) groups excluding carboxylic acids is 1. The molecule has 0 spiro atoms. The van der Waals surface area contributed by atoms with Crippen LogP contribution < -0.4 is 5.32 Å². The molecule has 0 aliphatic rings. The van der Waals surface area contributed by atoms with Crippen LogP contribution >= 0.6 is 0 Å². The zero-order valence-electron chi connectivity index (χ0n) is 14.2. The quantitative estimate of drug-likeness (QED) is 0.708. The van der Waals surface area contributed by atoms with Crippen LogP contribution in [0.15, 0.2) is 84.0 Å². The Bertz CT molecular complexity index is 1030. The lowest BCUT2D eigenvalue weighted by Gasteiger charge is -2.19. The van der Waals surface area contributed by atoms with Gasteiger partial charge in [-0.15, -0.1) is 0 Å². The van der Waals surface area contributed by atoms with E-state index in [9.17, 15) is 17.6 Å². The van der Waals surface area contributed by atoms with Crippen molar-refractivity contribution in [2.75, 3.05) is 6.54 Å². The predicted molar refractivity (Wildman–Crippen MR) is 99.3 cm³/mol. The van der Waals surface area contributed by atoms with E-state index in [-0.39, 0.29) is 17.0 Å². The summed E-state index contributed by atoms with van der Waals surface area (Å²) in [6, 6.07) is 16.8. The van der Waals surface area contributed by atoms with Gasteiger partial charge in [-0.05, 0) is 35.9 Å². The minimum atomic E-state index is -3.79. The fraction of sp³-hybridized carbons (Fsp3) is 0.100. The second-order valence-electron chi connectivity index (χ2n) is 5.82. The minimum Gasteiger partial charge on any atom is -0.350 e. The van der Waals surface area contributed by atoms with Crippen LogP contribution in [-0.4, -0.2) is 25.9 Å². The number of benzene rings is 2. The van der Waals surface area contributed by atoms with Crippen LogP contribution in [0, 0.1) is 5.82 Å². The van der Waals surface area contributed by atoms with E-state index in [4.69, 9.17) is 0 Å². The van der Waals surface area contributed by atoms with Crippen molar-refractivity contribution in [1.29, 1.82) is 0 Å². The van der Waals surface area contributed by atoms with Gasteiger partial charge in [-0.2, -0.15) is 0 Å². The third kappa shape index (κ3) is 4.20. The zero-order valence-corrected chi connectivity index (χ0v) is 15.1. The molecule has 1 N–H and O–H groups in total. The number of halogens is 1. The van der Waals surface area contributed by atoms with Crippen LogP contribution in [0.25, 0.3) is 0 Å². The first-order valence-electron chi connectivity index (χ1n) is 8.22. The molecule has 1 aromatic heterocycles. The van der Waals surface area contributed by atoms with Crippen molar-refractivity contribution in [1.82, 2.24) is 10.3 Å². The highest BCUT2D eigenvalue weighted by atomic mass is 32.2. The molecule has 1 amide bonds. The molecule has 0 aliphatic heterocycles. The Morgan fingerprint density at radius 2 is 1.70 bits per heavy atom. The Morgan fingerprint density at radius 1 is 1.00 bits per heavy atom. The monoisotopic (exact) mass is 384 g/mol. The molecule has 138 valence electrons. The standard InChI is InChI=1S/C20H17FN2O3S/c21-18-11-5-4-10-17(18)20(24)23-14-19(15-7-6-12-22-13-15)27(25,26)16-8-2-1-3-9-16/h1-13,19H,14H2,(H,23,24)/t19-/m1/s1. The molecular formula is C20H17FN2O3S. The third-order valence-electron chi connectivity index (χ3n) is 4.07. The van der Waals surface area contributed by atoms with Gasteiger partial charge < -0.3 is 5.32 Å². The number of hydrogen-bond acceptors (Lipinski definition) is 4. The number of nitrogens with one attached hydrogen (secondary N) is 1. The summed E-state index contributed by atoms with van der Waals surface area (Å²) in [5.74, 6) is -1.34. The van der Waals surface area contributed by atoms with Gasteiger partial charge in [0.25, 0.3) is 5.91 Å². The molecule has 7 heteroatoms. The highest BCUT2D eigenvalue weighted by Gasteiger charge is 2.30. The molecule has 3 rings (SSSR count). The van der Waals surface area contributed by atoms with Gasteiger partial charge in [0, 0.05) is 18.9 Å². The summed E-state index contributed by atoms with van der Waals surface area (Å²) in [5.41, 5.74) is 0.301. The molecule has 0 saturated heterocycles. The number of sulfone groups is 1. The molecular weight excluding hydrogens is 367 g/mol. The molecule has 0 saturated carbocycles. The summed E-state index contributed by atoms with van der Waals surface area (Å²) in [6.07, 6.45) is 2.98. The van der Waals surface area contributed by atoms with Crippen LogP contribution in [0.5, 0.6) is 0 Å². The second-order valence-corrected chi connectivity index (χ2v) is 7.95. The largest absolute Gasteiger partial charge is 0.350 e. The number of nitrogens with zero attached hydrogens (tertiary/aromatic N) is 1. The lowest BCUT2D eigenvalue weighted by Crippen LogP contribution is -2.32. The molecule has 0 fully saturated rings. The summed E-state index contributed by atoms with van der Waals surface area (Å²) >= 11 is 0. The SMILES string of the molecule is O=C(NC[C@H](c1cccnc1)S(=O)(=O)c1ccccc1)c1ccccc1F. The van der Waals surface area contributed by atoms with Gasteiger partial charge in [-0.1, -0.05) is 36.4 Å². The maximum absolute atomic E-state index is 13.8. The van der Waals surface area contributed by atoms with E-state index in [2.05, 4.69) is 10.3 Å². The minimum absolute atomic E-state index is 0.138. The Labute approximate surface area is 156 Å². The van der Waals surface area contributed by atoms with E-state index in [1.54, 1.807) is 30.3 Å². The Balaban J connectivity index is 1.90. The molecule has 3 aromatic rings. The Kier molecular flexibility index (Phi) is 5.61. The number of pyridine rings is 1. The molecule has 0 unspecified atom stereocenters. The Morgan fingerprint density at radius 3 is 2.37 bits per heavy atom. The number of rotatable bonds is 6. The van der Waals surface area contributed by atoms with Crippen LogP contribution in [0.3, 0.4) is 0 Å². The number of carbonyl (C=O) groups is 1. The lowest BCUT2D eigenvalue weighted by atomic mass is 10.2. The lowest BCUT2D eigenvalue weighted by molar-refractivity contribution is 0.0949. The zero-order chi connectivity index (χ0) is 19.3. The Hall–Kier alpha value is -3.06. The fourth-order valence-corrected chi connectivity index (χ4v) is 4.34. The maximum atomic E-state index is 13.8. The average Bonchev–Trinajstić information content (AvgIpc) is 2.69. The fourth-order valence-electron chi connectivity index (χ4n) is 2.67. The first kappa shape index (κ1) is 18.7. The molecule has 0 aliphatic carbocycles. The third-order valence-corrected chi connectivity index (χ3v) is 6.19. The van der Waals surface area contributed by atoms with E-state index < -0.39 is 26.8 Å². The van der Waals surface area contributed by atoms with Crippen molar-refractivity contribution in [3.63, 3.8) is 0 Å². The van der Waals surface area contributed by atoms with Crippen molar-refractivity contribution in [2.45, 2.75) is 10.1 Å². The van der Waals surface area contributed by atoms with E-state index in [1.807, 2.05) is 0 Å². The molecule has 27 heavy (non-hydrogen) atoms. The highest BCUT2D eigenvalue weighted by Crippen LogP contribution is 2.28. The summed E-state index contributed by atoms with van der Waals surface area (Å²) in [7, 11) is -3.79. The molecule has 0 bridgehead atoms. The van der Waals surface area contributed by atoms with Crippen LogP contribution in [0.2, 0.25) is 0 Å². The van der Waals surface area contributed by atoms with E-state index in [0.717, 1.165) is 0 Å². The van der Waals surface area contributed by atoms with E-state index in [1.165, 1.54) is 48.8 Å². The maximum Gasteiger partial charge on any atom is 0.254 e. The summed E-state index contributed by atoms with van der Waals surface area (Å²) < 4.78 is 40.0. The van der Waals surface area contributed by atoms with Gasteiger partial charge in [-0.3, -0.25) is 9.78 Å². The summed E-state index contributed by atoms with van der Waals surface area (Å²) in [6.45, 7) is -0.212. The first-order valence-corrected chi connectivity index (χ1v) is 9.76. The number of hydrogen-bond donors (Lipinski definition) is 1. The van der Waals surface area contributed by atoms with Crippen LogP contribution in [0.4, 0.5) is 4.39 Å². The first-order chi connectivity index (χ1) is 13.0. The van der Waals surface area contributed by atoms with Crippen molar-refractivity contribution in [2.24, 2.45) is 0 Å². The molecule has 1 heterocycles. The van der Waals surface area contributed by atoms with Crippen LogP contribution in [-0.2, 0) is 9.84 Å². The second kappa shape index (κ2) is 8.09. The van der Waals surface area contributed by atoms with Gasteiger partial charge >= 0.3 is 0 Å². The van der Waals surface area contributed by atoms with Gasteiger partial charge in [0.1, 0.15) is 11.1 Å². The summed E-state index contributed by atoms with van der Waals surface area (Å²) in [4.78, 5) is 16.4. The average molecular weight is 384 g/mol. The van der Waals surface area contributed by atoms with Crippen molar-refractivity contribution in [3.05, 3.63) is 96.1 Å². The molecule has 2 aromatic carbocycles. The molecule has 0 radical (unpaired) electrons. The van der Waals surface area contributed by atoms with E-state index in [0.29, 0.717) is 5.56 Å². The molecule has 1 atom stereocenters. The number of aromatic nitrogens is 1. The van der Waals surface area contributed by atoms with Crippen molar-refractivity contribution in [3.8, 4) is 0 Å². The van der Waals surface area contributed by atoms with E-state index >= 15 is 0 Å². The predicted octanol–water partition coefficient (Wildman–Crippen LogP) is 3.17. The van der Waals surface area contributed by atoms with Crippen molar-refractivity contribution >= 4 is 15.7 Å². The van der Waals surface area contributed by atoms with Crippen LogP contribution in [0.1, 0.15) is 21.2 Å². The smallest absolute Gasteiger partial charge is 0.254 e.